The van der Waals surface area contributed by atoms with E-state index >= 15 is 0 Å². The number of imidazole rings is 1. The first-order valence-electron chi connectivity index (χ1n) is 7.77. The first-order chi connectivity index (χ1) is 10.7. The van der Waals surface area contributed by atoms with Gasteiger partial charge in [0.05, 0.1) is 30.7 Å². The van der Waals surface area contributed by atoms with Crippen LogP contribution in [0.25, 0.3) is 11.1 Å². The number of allylic oxidation sites excluding steroid dienone is 2. The van der Waals surface area contributed by atoms with Gasteiger partial charge >= 0.3 is 0 Å². The fourth-order valence-corrected chi connectivity index (χ4v) is 3.11. The lowest BCUT2D eigenvalue weighted by Crippen LogP contribution is -2.26. The van der Waals surface area contributed by atoms with Crippen LogP contribution in [0.3, 0.4) is 0 Å². The highest BCUT2D eigenvalue weighted by atomic mass is 16.1. The average molecular weight is 295 g/mol. The number of carbonyl (C=O) groups excluding carboxylic acids is 1. The summed E-state index contributed by atoms with van der Waals surface area (Å²) >= 11 is 0. The number of hydrogen-bond donors (Lipinski definition) is 1. The van der Waals surface area contributed by atoms with Crippen molar-refractivity contribution in [3.05, 3.63) is 54.1 Å². The van der Waals surface area contributed by atoms with Crippen LogP contribution in [0.1, 0.15) is 44.0 Å². The monoisotopic (exact) mass is 295 g/mol. The molecule has 1 aromatic heterocycles. The van der Waals surface area contributed by atoms with E-state index in [-0.39, 0.29) is 11.9 Å². The Labute approximate surface area is 130 Å². The molecular weight excluding hydrogens is 274 g/mol. The molecule has 1 aromatic carbocycles. The van der Waals surface area contributed by atoms with Gasteiger partial charge in [0.15, 0.2) is 0 Å². The molecule has 2 aromatic rings. The van der Waals surface area contributed by atoms with Crippen molar-refractivity contribution < 1.29 is 4.79 Å². The molecule has 2 heterocycles. The summed E-state index contributed by atoms with van der Waals surface area (Å²) in [7, 11) is 0. The molecule has 22 heavy (non-hydrogen) atoms. The molecule has 4 heteroatoms. The van der Waals surface area contributed by atoms with Crippen LogP contribution in [0, 0.1) is 0 Å². The summed E-state index contributed by atoms with van der Waals surface area (Å²) in [6.45, 7) is 4.90. The molecule has 0 spiro atoms. The number of nitrogens with one attached hydrogen (secondary N) is 1. The summed E-state index contributed by atoms with van der Waals surface area (Å²) < 4.78 is 2.11. The van der Waals surface area contributed by atoms with Gasteiger partial charge in [-0.3, -0.25) is 4.79 Å². The van der Waals surface area contributed by atoms with E-state index in [4.69, 9.17) is 0 Å². The minimum atomic E-state index is 0.0248. The minimum Gasteiger partial charge on any atom is -0.356 e. The SMILES string of the molecule is CCCNC(=O)CC1C(c2ccccc2)=C(C)c2cncn21. The number of aromatic nitrogens is 2. The molecule has 0 aliphatic carbocycles. The zero-order valence-electron chi connectivity index (χ0n) is 13.0. The summed E-state index contributed by atoms with van der Waals surface area (Å²) in [5.74, 6) is 0.0923. The molecule has 0 radical (unpaired) electrons. The minimum absolute atomic E-state index is 0.0248. The molecule has 0 fully saturated rings. The molecule has 1 amide bonds. The van der Waals surface area contributed by atoms with Crippen LogP contribution in [0.5, 0.6) is 0 Å². The maximum Gasteiger partial charge on any atom is 0.222 e. The summed E-state index contributed by atoms with van der Waals surface area (Å²) in [4.78, 5) is 16.4. The van der Waals surface area contributed by atoms with Crippen LogP contribution in [0.2, 0.25) is 0 Å². The van der Waals surface area contributed by atoms with Crippen molar-refractivity contribution in [2.24, 2.45) is 0 Å². The van der Waals surface area contributed by atoms with Crippen LogP contribution < -0.4 is 5.32 Å². The van der Waals surface area contributed by atoms with Gasteiger partial charge in [-0.2, -0.15) is 0 Å². The van der Waals surface area contributed by atoms with E-state index in [0.29, 0.717) is 6.42 Å². The Kier molecular flexibility index (Phi) is 4.09. The predicted molar refractivity (Wildman–Crippen MR) is 88.1 cm³/mol. The summed E-state index contributed by atoms with van der Waals surface area (Å²) in [6.07, 6.45) is 5.10. The van der Waals surface area contributed by atoms with E-state index in [9.17, 15) is 4.79 Å². The number of hydrogen-bond acceptors (Lipinski definition) is 2. The third kappa shape index (κ3) is 2.56. The fourth-order valence-electron chi connectivity index (χ4n) is 3.11. The van der Waals surface area contributed by atoms with Crippen molar-refractivity contribution in [2.45, 2.75) is 32.7 Å². The quantitative estimate of drug-likeness (QED) is 0.920. The van der Waals surface area contributed by atoms with Gasteiger partial charge in [0.25, 0.3) is 0 Å². The number of benzene rings is 1. The van der Waals surface area contributed by atoms with Crippen LogP contribution >= 0.6 is 0 Å². The van der Waals surface area contributed by atoms with Crippen LogP contribution in [0.15, 0.2) is 42.9 Å². The number of nitrogens with zero attached hydrogens (tertiary/aromatic N) is 2. The Balaban J connectivity index is 1.94. The molecule has 0 saturated carbocycles. The van der Waals surface area contributed by atoms with Gasteiger partial charge in [0.2, 0.25) is 5.91 Å². The third-order valence-corrected chi connectivity index (χ3v) is 4.16. The Morgan fingerprint density at radius 3 is 2.82 bits per heavy atom. The van der Waals surface area contributed by atoms with Gasteiger partial charge in [-0.15, -0.1) is 0 Å². The molecule has 0 bridgehead atoms. The average Bonchev–Trinajstić information content (AvgIpc) is 3.10. The molecule has 4 nitrogen and oxygen atoms in total. The van der Waals surface area contributed by atoms with Crippen molar-refractivity contribution in [1.29, 1.82) is 0 Å². The Morgan fingerprint density at radius 1 is 1.32 bits per heavy atom. The van der Waals surface area contributed by atoms with Gasteiger partial charge in [-0.05, 0) is 30.1 Å². The topological polar surface area (TPSA) is 46.9 Å². The van der Waals surface area contributed by atoms with Gasteiger partial charge in [0, 0.05) is 6.54 Å². The lowest BCUT2D eigenvalue weighted by molar-refractivity contribution is -0.121. The zero-order valence-corrected chi connectivity index (χ0v) is 13.0. The second-order valence-corrected chi connectivity index (χ2v) is 5.66. The van der Waals surface area contributed by atoms with E-state index in [1.807, 2.05) is 30.7 Å². The molecule has 114 valence electrons. The first-order valence-corrected chi connectivity index (χ1v) is 7.77. The van der Waals surface area contributed by atoms with E-state index in [2.05, 4.69) is 40.8 Å². The predicted octanol–water partition coefficient (Wildman–Crippen LogP) is 3.28. The Morgan fingerprint density at radius 2 is 2.09 bits per heavy atom. The fraction of sp³-hybridized carbons (Fsp3) is 0.333. The van der Waals surface area contributed by atoms with Crippen LogP contribution in [-0.4, -0.2) is 22.0 Å². The molecule has 1 N–H and O–H groups in total. The summed E-state index contributed by atoms with van der Waals surface area (Å²) in [6, 6.07) is 10.3. The van der Waals surface area contributed by atoms with Gasteiger partial charge in [-0.25, -0.2) is 4.98 Å². The van der Waals surface area contributed by atoms with Crippen molar-refractivity contribution in [2.75, 3.05) is 6.54 Å². The highest BCUT2D eigenvalue weighted by Crippen LogP contribution is 2.43. The smallest absolute Gasteiger partial charge is 0.222 e. The summed E-state index contributed by atoms with van der Waals surface area (Å²) in [5.41, 5.74) is 4.71. The molecular formula is C18H21N3O. The van der Waals surface area contributed by atoms with Crippen molar-refractivity contribution in [1.82, 2.24) is 14.9 Å². The lowest BCUT2D eigenvalue weighted by atomic mass is 9.94. The number of rotatable bonds is 5. The maximum atomic E-state index is 12.2. The number of carbonyl (C=O) groups is 1. The van der Waals surface area contributed by atoms with E-state index < -0.39 is 0 Å². The van der Waals surface area contributed by atoms with Crippen LogP contribution in [0.4, 0.5) is 0 Å². The maximum absolute atomic E-state index is 12.2. The Hall–Kier alpha value is -2.36. The van der Waals surface area contributed by atoms with Gasteiger partial charge in [-0.1, -0.05) is 37.3 Å². The molecule has 3 rings (SSSR count). The zero-order chi connectivity index (χ0) is 15.5. The molecule has 1 atom stereocenters. The van der Waals surface area contributed by atoms with Crippen molar-refractivity contribution in [3.8, 4) is 0 Å². The molecule has 0 saturated heterocycles. The number of amides is 1. The van der Waals surface area contributed by atoms with Gasteiger partial charge in [0.1, 0.15) is 0 Å². The molecule has 1 aliphatic rings. The Bertz CT molecular complexity index is 700. The second-order valence-electron chi connectivity index (χ2n) is 5.66. The standard InChI is InChI=1S/C18H21N3O/c1-3-9-20-17(22)10-15-18(14-7-5-4-6-8-14)13(2)16-11-19-12-21(15)16/h4-8,11-12,15H,3,9-10H2,1-2H3,(H,20,22). The third-order valence-electron chi connectivity index (χ3n) is 4.16. The number of fused-ring (bicyclic) bond motifs is 1. The van der Waals surface area contributed by atoms with E-state index in [1.54, 1.807) is 0 Å². The van der Waals surface area contributed by atoms with Gasteiger partial charge < -0.3 is 9.88 Å². The normalized spacial score (nSPS) is 16.7. The molecule has 1 unspecified atom stereocenters. The second kappa shape index (κ2) is 6.18. The highest BCUT2D eigenvalue weighted by Gasteiger charge is 2.31. The summed E-state index contributed by atoms with van der Waals surface area (Å²) in [5, 5.41) is 2.97. The van der Waals surface area contributed by atoms with Crippen LogP contribution in [-0.2, 0) is 4.79 Å². The largest absolute Gasteiger partial charge is 0.356 e. The lowest BCUT2D eigenvalue weighted by Gasteiger charge is -2.18. The molecule has 1 aliphatic heterocycles. The van der Waals surface area contributed by atoms with Crippen molar-refractivity contribution >= 4 is 17.1 Å². The van der Waals surface area contributed by atoms with Crippen molar-refractivity contribution in [3.63, 3.8) is 0 Å². The first kappa shape index (κ1) is 14.6. The van der Waals surface area contributed by atoms with E-state index in [0.717, 1.165) is 18.7 Å². The highest BCUT2D eigenvalue weighted by molar-refractivity contribution is 5.95. The van der Waals surface area contributed by atoms with E-state index in [1.165, 1.54) is 16.7 Å².